The molecule has 0 saturated carbocycles. The second-order valence-corrected chi connectivity index (χ2v) is 4.76. The van der Waals surface area contributed by atoms with Crippen LogP contribution in [-0.2, 0) is 12.8 Å². The van der Waals surface area contributed by atoms with Crippen LogP contribution in [0.2, 0.25) is 0 Å². The van der Waals surface area contributed by atoms with E-state index >= 15 is 0 Å². The number of aryl methyl sites for hydroxylation is 1. The minimum Gasteiger partial charge on any atom is -0.507 e. The average molecular weight is 300 g/mol. The van der Waals surface area contributed by atoms with Crippen LogP contribution in [0.5, 0.6) is 5.75 Å². The molecule has 0 fully saturated rings. The first kappa shape index (κ1) is 14.5. The van der Waals surface area contributed by atoms with E-state index in [4.69, 9.17) is 0 Å². The molecule has 1 aliphatic rings. The van der Waals surface area contributed by atoms with E-state index in [-0.39, 0.29) is 17.0 Å². The molecule has 0 spiro atoms. The SMILES string of the molecule is Br.CCCNC1CCc2c(ccc(C)c2O)C1. The van der Waals surface area contributed by atoms with E-state index in [0.717, 1.165) is 31.4 Å². The number of aromatic hydroxyl groups is 1. The van der Waals surface area contributed by atoms with Gasteiger partial charge in [-0.25, -0.2) is 0 Å². The highest BCUT2D eigenvalue weighted by Crippen LogP contribution is 2.31. The summed E-state index contributed by atoms with van der Waals surface area (Å²) >= 11 is 0. The van der Waals surface area contributed by atoms with Gasteiger partial charge in [0.05, 0.1) is 0 Å². The van der Waals surface area contributed by atoms with Gasteiger partial charge in [0.25, 0.3) is 0 Å². The molecule has 0 saturated heterocycles. The van der Waals surface area contributed by atoms with Gasteiger partial charge in [0.15, 0.2) is 0 Å². The Morgan fingerprint density at radius 2 is 2.18 bits per heavy atom. The second kappa shape index (κ2) is 6.41. The highest BCUT2D eigenvalue weighted by atomic mass is 79.9. The maximum absolute atomic E-state index is 9.99. The van der Waals surface area contributed by atoms with Gasteiger partial charge in [-0.1, -0.05) is 19.1 Å². The first-order valence-electron chi connectivity index (χ1n) is 6.26. The summed E-state index contributed by atoms with van der Waals surface area (Å²) in [7, 11) is 0. The summed E-state index contributed by atoms with van der Waals surface area (Å²) in [5, 5.41) is 13.5. The van der Waals surface area contributed by atoms with E-state index in [1.54, 1.807) is 0 Å². The normalized spacial score (nSPS) is 18.4. The highest BCUT2D eigenvalue weighted by molar-refractivity contribution is 8.93. The molecule has 1 aromatic carbocycles. The molecular weight excluding hydrogens is 278 g/mol. The van der Waals surface area contributed by atoms with Crippen molar-refractivity contribution in [3.8, 4) is 5.75 Å². The van der Waals surface area contributed by atoms with E-state index in [9.17, 15) is 5.11 Å². The zero-order valence-electron chi connectivity index (χ0n) is 10.6. The van der Waals surface area contributed by atoms with Crippen LogP contribution in [0, 0.1) is 6.92 Å². The fourth-order valence-electron chi connectivity index (χ4n) is 2.47. The number of hydrogen-bond acceptors (Lipinski definition) is 2. The van der Waals surface area contributed by atoms with Crippen molar-refractivity contribution < 1.29 is 5.11 Å². The van der Waals surface area contributed by atoms with Crippen LogP contribution in [0.1, 0.15) is 36.5 Å². The molecule has 1 unspecified atom stereocenters. The maximum atomic E-state index is 9.99. The minimum absolute atomic E-state index is 0. The van der Waals surface area contributed by atoms with E-state index in [2.05, 4.69) is 18.3 Å². The topological polar surface area (TPSA) is 32.3 Å². The summed E-state index contributed by atoms with van der Waals surface area (Å²) < 4.78 is 0. The Balaban J connectivity index is 0.00000144. The smallest absolute Gasteiger partial charge is 0.121 e. The molecule has 2 nitrogen and oxygen atoms in total. The quantitative estimate of drug-likeness (QED) is 0.899. The largest absolute Gasteiger partial charge is 0.507 e. The molecule has 17 heavy (non-hydrogen) atoms. The van der Waals surface area contributed by atoms with Crippen LogP contribution in [0.25, 0.3) is 0 Å². The lowest BCUT2D eigenvalue weighted by Crippen LogP contribution is -2.35. The highest BCUT2D eigenvalue weighted by Gasteiger charge is 2.20. The zero-order valence-corrected chi connectivity index (χ0v) is 12.3. The third-order valence-electron chi connectivity index (χ3n) is 3.47. The molecule has 0 radical (unpaired) electrons. The Morgan fingerprint density at radius 1 is 1.41 bits per heavy atom. The first-order valence-corrected chi connectivity index (χ1v) is 6.26. The summed E-state index contributed by atoms with van der Waals surface area (Å²) in [6, 6.07) is 4.79. The van der Waals surface area contributed by atoms with Gasteiger partial charge in [0, 0.05) is 6.04 Å². The number of benzene rings is 1. The molecule has 0 amide bonds. The van der Waals surface area contributed by atoms with Gasteiger partial charge in [-0.15, -0.1) is 17.0 Å². The summed E-state index contributed by atoms with van der Waals surface area (Å²) in [6.45, 7) is 5.26. The Bertz CT molecular complexity index is 379. The molecule has 0 bridgehead atoms. The van der Waals surface area contributed by atoms with Crippen LogP contribution < -0.4 is 5.32 Å². The number of rotatable bonds is 3. The third-order valence-corrected chi connectivity index (χ3v) is 3.47. The molecule has 0 aromatic heterocycles. The predicted octanol–water partition coefficient (Wildman–Crippen LogP) is 3.14. The van der Waals surface area contributed by atoms with Crippen molar-refractivity contribution in [1.29, 1.82) is 0 Å². The molecule has 2 rings (SSSR count). The molecule has 2 N–H and O–H groups in total. The fourth-order valence-corrected chi connectivity index (χ4v) is 2.47. The van der Waals surface area contributed by atoms with Crippen molar-refractivity contribution >= 4 is 17.0 Å². The van der Waals surface area contributed by atoms with Gasteiger partial charge in [-0.3, -0.25) is 0 Å². The number of phenolic OH excluding ortho intramolecular Hbond substituents is 1. The van der Waals surface area contributed by atoms with Crippen LogP contribution in [0.3, 0.4) is 0 Å². The zero-order chi connectivity index (χ0) is 11.5. The van der Waals surface area contributed by atoms with Gasteiger partial charge in [0.1, 0.15) is 5.75 Å². The molecular formula is C14H22BrNO. The lowest BCUT2D eigenvalue weighted by molar-refractivity contribution is 0.429. The summed E-state index contributed by atoms with van der Waals surface area (Å²) in [5.41, 5.74) is 3.50. The van der Waals surface area contributed by atoms with Crippen LogP contribution >= 0.6 is 17.0 Å². The number of phenols is 1. The van der Waals surface area contributed by atoms with Gasteiger partial charge in [-0.05, 0) is 55.8 Å². The van der Waals surface area contributed by atoms with Crippen molar-refractivity contribution in [1.82, 2.24) is 5.32 Å². The lowest BCUT2D eigenvalue weighted by atomic mass is 9.86. The predicted molar refractivity (Wildman–Crippen MR) is 77.3 cm³/mol. The molecule has 0 heterocycles. The molecule has 96 valence electrons. The van der Waals surface area contributed by atoms with Gasteiger partial charge in [-0.2, -0.15) is 0 Å². The van der Waals surface area contributed by atoms with Crippen molar-refractivity contribution in [2.24, 2.45) is 0 Å². The van der Waals surface area contributed by atoms with Gasteiger partial charge in [0.2, 0.25) is 0 Å². The second-order valence-electron chi connectivity index (χ2n) is 4.76. The van der Waals surface area contributed by atoms with E-state index in [0.29, 0.717) is 11.8 Å². The Kier molecular flexibility index (Phi) is 5.47. The van der Waals surface area contributed by atoms with E-state index in [1.807, 2.05) is 13.0 Å². The molecule has 3 heteroatoms. The van der Waals surface area contributed by atoms with Crippen LogP contribution in [-0.4, -0.2) is 17.7 Å². The van der Waals surface area contributed by atoms with Gasteiger partial charge < -0.3 is 10.4 Å². The number of halogens is 1. The fraction of sp³-hybridized carbons (Fsp3) is 0.571. The minimum atomic E-state index is 0. The summed E-state index contributed by atoms with van der Waals surface area (Å²) in [5.74, 6) is 0.520. The molecule has 1 atom stereocenters. The number of fused-ring (bicyclic) bond motifs is 1. The average Bonchev–Trinajstić information content (AvgIpc) is 2.31. The van der Waals surface area contributed by atoms with Crippen molar-refractivity contribution in [2.75, 3.05) is 6.54 Å². The Morgan fingerprint density at radius 3 is 2.88 bits per heavy atom. The molecule has 0 aliphatic heterocycles. The molecule has 1 aromatic rings. The van der Waals surface area contributed by atoms with E-state index in [1.165, 1.54) is 17.5 Å². The van der Waals surface area contributed by atoms with Crippen LogP contribution in [0.4, 0.5) is 0 Å². The third kappa shape index (κ3) is 3.23. The lowest BCUT2D eigenvalue weighted by Gasteiger charge is -2.26. The molecule has 1 aliphatic carbocycles. The van der Waals surface area contributed by atoms with Gasteiger partial charge >= 0.3 is 0 Å². The number of nitrogens with one attached hydrogen (secondary N) is 1. The van der Waals surface area contributed by atoms with Crippen molar-refractivity contribution in [3.05, 3.63) is 28.8 Å². The monoisotopic (exact) mass is 299 g/mol. The standard InChI is InChI=1S/C14H21NO.BrH/c1-3-8-15-12-6-7-13-11(9-12)5-4-10(2)14(13)16;/h4-5,12,15-16H,3,6-9H2,1-2H3;1H. The van der Waals surface area contributed by atoms with Crippen molar-refractivity contribution in [2.45, 2.75) is 45.6 Å². The van der Waals surface area contributed by atoms with Crippen molar-refractivity contribution in [3.63, 3.8) is 0 Å². The first-order chi connectivity index (χ1) is 7.72. The summed E-state index contributed by atoms with van der Waals surface area (Å²) in [6.07, 6.45) is 4.39. The Hall–Kier alpha value is -0.540. The number of hydrogen-bond donors (Lipinski definition) is 2. The summed E-state index contributed by atoms with van der Waals surface area (Å²) in [4.78, 5) is 0. The maximum Gasteiger partial charge on any atom is 0.121 e. The Labute approximate surface area is 114 Å². The van der Waals surface area contributed by atoms with Crippen LogP contribution in [0.15, 0.2) is 12.1 Å². The van der Waals surface area contributed by atoms with E-state index < -0.39 is 0 Å².